The van der Waals surface area contributed by atoms with E-state index in [2.05, 4.69) is 5.32 Å². The van der Waals surface area contributed by atoms with Crippen molar-refractivity contribution in [3.05, 3.63) is 0 Å². The average molecular weight is 310 g/mol. The fourth-order valence-corrected chi connectivity index (χ4v) is 3.18. The predicted octanol–water partition coefficient (Wildman–Crippen LogP) is 1.30. The highest BCUT2D eigenvalue weighted by atomic mass is 16.2. The Morgan fingerprint density at radius 3 is 2.27 bits per heavy atom. The van der Waals surface area contributed by atoms with Crippen molar-refractivity contribution in [3.63, 3.8) is 0 Å². The Kier molecular flexibility index (Phi) is 6.49. The van der Waals surface area contributed by atoms with Gasteiger partial charge in [-0.1, -0.05) is 19.3 Å². The van der Waals surface area contributed by atoms with E-state index in [0.29, 0.717) is 38.6 Å². The van der Waals surface area contributed by atoms with Gasteiger partial charge in [0.25, 0.3) is 0 Å². The lowest BCUT2D eigenvalue weighted by Crippen LogP contribution is -2.54. The molecule has 2 aliphatic rings. The maximum absolute atomic E-state index is 12.3. The molecule has 1 heterocycles. The van der Waals surface area contributed by atoms with Gasteiger partial charge in [-0.25, -0.2) is 4.79 Å². The number of nitrogens with one attached hydrogen (secondary N) is 1. The van der Waals surface area contributed by atoms with Crippen molar-refractivity contribution in [2.24, 2.45) is 5.73 Å². The third kappa shape index (κ3) is 5.16. The van der Waals surface area contributed by atoms with Crippen LogP contribution in [0.4, 0.5) is 4.79 Å². The normalized spacial score (nSPS) is 21.5. The molecule has 0 aromatic rings. The molecule has 0 radical (unpaired) electrons. The first-order valence-electron chi connectivity index (χ1n) is 8.65. The van der Waals surface area contributed by atoms with Gasteiger partial charge in [0.1, 0.15) is 0 Å². The highest BCUT2D eigenvalue weighted by molar-refractivity contribution is 5.77. The second-order valence-electron chi connectivity index (χ2n) is 6.67. The third-order valence-electron chi connectivity index (χ3n) is 4.67. The van der Waals surface area contributed by atoms with E-state index >= 15 is 0 Å². The molecule has 0 aromatic carbocycles. The molecular weight excluding hydrogens is 280 g/mol. The highest BCUT2D eigenvalue weighted by Gasteiger charge is 2.25. The Morgan fingerprint density at radius 1 is 1.09 bits per heavy atom. The molecule has 2 rings (SSSR count). The molecule has 22 heavy (non-hydrogen) atoms. The molecule has 0 spiro atoms. The third-order valence-corrected chi connectivity index (χ3v) is 4.67. The summed E-state index contributed by atoms with van der Waals surface area (Å²) in [5.74, 6) is 0.157. The largest absolute Gasteiger partial charge is 0.339 e. The van der Waals surface area contributed by atoms with Crippen LogP contribution < -0.4 is 11.1 Å². The number of hydrogen-bond acceptors (Lipinski definition) is 3. The molecule has 1 aliphatic carbocycles. The van der Waals surface area contributed by atoms with Crippen LogP contribution in [-0.2, 0) is 4.79 Å². The first kappa shape index (κ1) is 17.1. The summed E-state index contributed by atoms with van der Waals surface area (Å²) in [7, 11) is 0. The van der Waals surface area contributed by atoms with E-state index in [1.807, 2.05) is 16.7 Å². The molecule has 1 saturated carbocycles. The maximum Gasteiger partial charge on any atom is 0.317 e. The van der Waals surface area contributed by atoms with Gasteiger partial charge < -0.3 is 20.9 Å². The molecule has 1 unspecified atom stereocenters. The van der Waals surface area contributed by atoms with Gasteiger partial charge in [0.05, 0.1) is 0 Å². The number of carbonyl (C=O) groups is 2. The van der Waals surface area contributed by atoms with Crippen molar-refractivity contribution in [2.75, 3.05) is 26.2 Å². The monoisotopic (exact) mass is 310 g/mol. The van der Waals surface area contributed by atoms with Crippen LogP contribution in [0.25, 0.3) is 0 Å². The van der Waals surface area contributed by atoms with E-state index in [1.165, 1.54) is 19.3 Å². The van der Waals surface area contributed by atoms with Crippen molar-refractivity contribution in [1.29, 1.82) is 0 Å². The Balaban J connectivity index is 1.69. The van der Waals surface area contributed by atoms with Crippen LogP contribution in [0.15, 0.2) is 0 Å². The number of rotatable bonds is 4. The Bertz CT molecular complexity index is 372. The Morgan fingerprint density at radius 2 is 1.68 bits per heavy atom. The highest BCUT2D eigenvalue weighted by Crippen LogP contribution is 2.17. The van der Waals surface area contributed by atoms with Crippen molar-refractivity contribution in [1.82, 2.24) is 15.1 Å². The molecule has 126 valence electrons. The molecule has 1 atom stereocenters. The van der Waals surface area contributed by atoms with Crippen LogP contribution in [0.1, 0.15) is 51.9 Å². The maximum atomic E-state index is 12.3. The van der Waals surface area contributed by atoms with Crippen molar-refractivity contribution < 1.29 is 9.59 Å². The van der Waals surface area contributed by atoms with Gasteiger partial charge in [0, 0.05) is 44.7 Å². The molecule has 1 saturated heterocycles. The zero-order valence-electron chi connectivity index (χ0n) is 13.7. The Labute approximate surface area is 133 Å². The standard InChI is InChI=1S/C16H30N4O2/c1-13(17)7-8-15(21)19-9-11-20(12-10-19)16(22)18-14-5-3-2-4-6-14/h13-14H,2-12,17H2,1H3,(H,18,22). The van der Waals surface area contributed by atoms with Crippen LogP contribution in [0, 0.1) is 0 Å². The van der Waals surface area contributed by atoms with E-state index in [9.17, 15) is 9.59 Å². The summed E-state index contributed by atoms with van der Waals surface area (Å²) in [5.41, 5.74) is 5.69. The van der Waals surface area contributed by atoms with Gasteiger partial charge in [0.2, 0.25) is 5.91 Å². The second kappa shape index (κ2) is 8.36. The van der Waals surface area contributed by atoms with Gasteiger partial charge in [-0.05, 0) is 26.2 Å². The first-order chi connectivity index (χ1) is 10.6. The minimum atomic E-state index is 0.0366. The lowest BCUT2D eigenvalue weighted by Gasteiger charge is -2.36. The molecule has 6 heteroatoms. The molecular formula is C16H30N4O2. The molecule has 1 aliphatic heterocycles. The summed E-state index contributed by atoms with van der Waals surface area (Å²) in [6, 6.07) is 0.438. The fourth-order valence-electron chi connectivity index (χ4n) is 3.18. The molecule has 2 fully saturated rings. The van der Waals surface area contributed by atoms with Crippen LogP contribution in [0.5, 0.6) is 0 Å². The van der Waals surface area contributed by atoms with Crippen molar-refractivity contribution in [3.8, 4) is 0 Å². The number of piperazine rings is 1. The summed E-state index contributed by atoms with van der Waals surface area (Å²) in [6.07, 6.45) is 7.14. The van der Waals surface area contributed by atoms with E-state index in [4.69, 9.17) is 5.73 Å². The first-order valence-corrected chi connectivity index (χ1v) is 8.65. The SMILES string of the molecule is CC(N)CCC(=O)N1CCN(C(=O)NC2CCCCC2)CC1. The topological polar surface area (TPSA) is 78.7 Å². The van der Waals surface area contributed by atoms with Gasteiger partial charge in [-0.3, -0.25) is 4.79 Å². The van der Waals surface area contributed by atoms with E-state index in [0.717, 1.165) is 19.3 Å². The van der Waals surface area contributed by atoms with Crippen LogP contribution in [0.3, 0.4) is 0 Å². The van der Waals surface area contributed by atoms with E-state index in [-0.39, 0.29) is 18.0 Å². The van der Waals surface area contributed by atoms with Gasteiger partial charge in [0.15, 0.2) is 0 Å². The smallest absolute Gasteiger partial charge is 0.317 e. The summed E-state index contributed by atoms with van der Waals surface area (Å²) < 4.78 is 0. The minimum absolute atomic E-state index is 0.0366. The molecule has 0 aromatic heterocycles. The number of nitrogens with two attached hydrogens (primary N) is 1. The molecule has 3 N–H and O–H groups in total. The number of hydrogen-bond donors (Lipinski definition) is 2. The van der Waals surface area contributed by atoms with Gasteiger partial charge in [-0.2, -0.15) is 0 Å². The summed E-state index contributed by atoms with van der Waals surface area (Å²) in [6.45, 7) is 4.44. The number of amides is 3. The summed E-state index contributed by atoms with van der Waals surface area (Å²) >= 11 is 0. The van der Waals surface area contributed by atoms with Gasteiger partial charge >= 0.3 is 6.03 Å². The molecule has 0 bridgehead atoms. The summed E-state index contributed by atoms with van der Waals surface area (Å²) in [4.78, 5) is 28.0. The van der Waals surface area contributed by atoms with Crippen LogP contribution >= 0.6 is 0 Å². The lowest BCUT2D eigenvalue weighted by atomic mass is 9.96. The number of carbonyl (C=O) groups excluding carboxylic acids is 2. The minimum Gasteiger partial charge on any atom is -0.339 e. The van der Waals surface area contributed by atoms with Crippen LogP contribution in [-0.4, -0.2) is 60.0 Å². The van der Waals surface area contributed by atoms with Crippen molar-refractivity contribution in [2.45, 2.75) is 64.0 Å². The number of urea groups is 1. The zero-order chi connectivity index (χ0) is 15.9. The summed E-state index contributed by atoms with van der Waals surface area (Å²) in [5, 5.41) is 3.14. The van der Waals surface area contributed by atoms with E-state index < -0.39 is 0 Å². The fraction of sp³-hybridized carbons (Fsp3) is 0.875. The molecule has 3 amide bonds. The van der Waals surface area contributed by atoms with Crippen molar-refractivity contribution >= 4 is 11.9 Å². The van der Waals surface area contributed by atoms with Crippen LogP contribution in [0.2, 0.25) is 0 Å². The second-order valence-corrected chi connectivity index (χ2v) is 6.67. The quantitative estimate of drug-likeness (QED) is 0.821. The Hall–Kier alpha value is -1.30. The molecule has 6 nitrogen and oxygen atoms in total. The predicted molar refractivity (Wildman–Crippen MR) is 86.4 cm³/mol. The zero-order valence-corrected chi connectivity index (χ0v) is 13.7. The number of nitrogens with zero attached hydrogens (tertiary/aromatic N) is 2. The van der Waals surface area contributed by atoms with Gasteiger partial charge in [-0.15, -0.1) is 0 Å². The van der Waals surface area contributed by atoms with E-state index in [1.54, 1.807) is 0 Å². The lowest BCUT2D eigenvalue weighted by molar-refractivity contribution is -0.132. The average Bonchev–Trinajstić information content (AvgIpc) is 2.53.